The Kier molecular flexibility index (Phi) is 4.70. The molecule has 0 aliphatic rings. The molecule has 0 fully saturated rings. The van der Waals surface area contributed by atoms with Gasteiger partial charge in [0.15, 0.2) is 0 Å². The average Bonchev–Trinajstić information content (AvgIpc) is 2.27. The zero-order valence-corrected chi connectivity index (χ0v) is 10.8. The van der Waals surface area contributed by atoms with Crippen molar-refractivity contribution in [2.45, 2.75) is 32.6 Å². The zero-order valence-electron chi connectivity index (χ0n) is 10.8. The molecule has 0 radical (unpaired) electrons. The van der Waals surface area contributed by atoms with Crippen LogP contribution in [0.4, 0.5) is 0 Å². The summed E-state index contributed by atoms with van der Waals surface area (Å²) in [5.41, 5.74) is 2.37. The highest BCUT2D eigenvalue weighted by molar-refractivity contribution is 5.76. The molecule has 0 aromatic heterocycles. The third-order valence-electron chi connectivity index (χ3n) is 2.94. The van der Waals surface area contributed by atoms with E-state index in [0.29, 0.717) is 6.54 Å². The number of aliphatic hydroxyl groups excluding tert-OH is 1. The van der Waals surface area contributed by atoms with Crippen molar-refractivity contribution >= 4 is 5.91 Å². The van der Waals surface area contributed by atoms with Crippen molar-refractivity contribution in [1.29, 1.82) is 0 Å². The first kappa shape index (κ1) is 13.7. The number of rotatable bonds is 5. The van der Waals surface area contributed by atoms with Crippen molar-refractivity contribution in [3.63, 3.8) is 0 Å². The van der Waals surface area contributed by atoms with Crippen LogP contribution in [0, 0.1) is 6.92 Å². The van der Waals surface area contributed by atoms with Crippen molar-refractivity contribution in [3.05, 3.63) is 35.4 Å². The smallest absolute Gasteiger partial charge is 0.222 e. The zero-order chi connectivity index (χ0) is 12.9. The van der Waals surface area contributed by atoms with Crippen LogP contribution in [-0.2, 0) is 10.2 Å². The molecule has 0 bridgehead atoms. The summed E-state index contributed by atoms with van der Waals surface area (Å²) in [6.07, 6.45) is 0.170. The van der Waals surface area contributed by atoms with Gasteiger partial charge in [-0.05, 0) is 18.1 Å². The summed E-state index contributed by atoms with van der Waals surface area (Å²) in [4.78, 5) is 11.3. The molecule has 2 N–H and O–H groups in total. The molecule has 0 aliphatic carbocycles. The minimum absolute atomic E-state index is 0.101. The highest BCUT2D eigenvalue weighted by Crippen LogP contribution is 2.25. The number of carbonyl (C=O) groups is 1. The van der Waals surface area contributed by atoms with Crippen LogP contribution in [0.1, 0.15) is 31.4 Å². The molecule has 0 heterocycles. The lowest BCUT2D eigenvalue weighted by Gasteiger charge is -2.27. The van der Waals surface area contributed by atoms with Gasteiger partial charge >= 0.3 is 0 Å². The molecule has 94 valence electrons. The van der Waals surface area contributed by atoms with Gasteiger partial charge in [-0.25, -0.2) is 0 Å². The van der Waals surface area contributed by atoms with Crippen LogP contribution in [0.25, 0.3) is 0 Å². The van der Waals surface area contributed by atoms with Gasteiger partial charge < -0.3 is 10.4 Å². The molecule has 0 saturated heterocycles. The first-order valence-corrected chi connectivity index (χ1v) is 5.91. The van der Waals surface area contributed by atoms with Crippen molar-refractivity contribution in [3.8, 4) is 0 Å². The van der Waals surface area contributed by atoms with Gasteiger partial charge in [0.25, 0.3) is 0 Å². The van der Waals surface area contributed by atoms with E-state index < -0.39 is 0 Å². The summed E-state index contributed by atoms with van der Waals surface area (Å²) in [6, 6.07) is 8.19. The van der Waals surface area contributed by atoms with E-state index in [4.69, 9.17) is 5.11 Å². The Morgan fingerprint density at radius 1 is 1.35 bits per heavy atom. The first-order valence-electron chi connectivity index (χ1n) is 5.91. The number of hydrogen-bond donors (Lipinski definition) is 2. The van der Waals surface area contributed by atoms with Crippen molar-refractivity contribution in [1.82, 2.24) is 5.32 Å². The van der Waals surface area contributed by atoms with Crippen molar-refractivity contribution in [2.75, 3.05) is 13.2 Å². The van der Waals surface area contributed by atoms with E-state index >= 15 is 0 Å². The van der Waals surface area contributed by atoms with Gasteiger partial charge in [0.05, 0.1) is 6.61 Å². The summed E-state index contributed by atoms with van der Waals surface area (Å²) in [5, 5.41) is 11.5. The van der Waals surface area contributed by atoms with E-state index in [-0.39, 0.29) is 24.3 Å². The van der Waals surface area contributed by atoms with E-state index in [9.17, 15) is 4.79 Å². The molecule has 1 aromatic rings. The fourth-order valence-corrected chi connectivity index (χ4v) is 1.94. The van der Waals surface area contributed by atoms with E-state index in [1.807, 2.05) is 12.1 Å². The Morgan fingerprint density at radius 2 is 2.00 bits per heavy atom. The predicted molar refractivity (Wildman–Crippen MR) is 68.9 cm³/mol. The number of hydrogen-bond acceptors (Lipinski definition) is 2. The van der Waals surface area contributed by atoms with Crippen LogP contribution in [0.15, 0.2) is 24.3 Å². The van der Waals surface area contributed by atoms with Gasteiger partial charge in [0.1, 0.15) is 0 Å². The molecular formula is C14H21NO2. The number of aryl methyl sites for hydroxylation is 1. The maximum absolute atomic E-state index is 11.3. The number of aliphatic hydroxyl groups is 1. The minimum atomic E-state index is -0.103. The fraction of sp³-hybridized carbons (Fsp3) is 0.500. The quantitative estimate of drug-likeness (QED) is 0.817. The third kappa shape index (κ3) is 3.86. The van der Waals surface area contributed by atoms with Crippen molar-refractivity contribution < 1.29 is 9.90 Å². The van der Waals surface area contributed by atoms with E-state index in [1.165, 1.54) is 11.1 Å². The second-order valence-electron chi connectivity index (χ2n) is 4.95. The standard InChI is InChI=1S/C14H21NO2/c1-11-6-4-5-7-12(11)14(2,3)10-15-13(17)8-9-16/h4-7,16H,8-10H2,1-3H3,(H,15,17). The Hall–Kier alpha value is -1.35. The molecule has 0 unspecified atom stereocenters. The van der Waals surface area contributed by atoms with Gasteiger partial charge in [0.2, 0.25) is 5.91 Å². The molecule has 1 aromatic carbocycles. The maximum Gasteiger partial charge on any atom is 0.222 e. The number of nitrogens with one attached hydrogen (secondary N) is 1. The van der Waals surface area contributed by atoms with Crippen LogP contribution in [0.2, 0.25) is 0 Å². The summed E-state index contributed by atoms with van der Waals surface area (Å²) in [7, 11) is 0. The lowest BCUT2D eigenvalue weighted by atomic mass is 9.82. The lowest BCUT2D eigenvalue weighted by Crippen LogP contribution is -2.37. The molecule has 17 heavy (non-hydrogen) atoms. The molecule has 1 rings (SSSR count). The van der Waals surface area contributed by atoms with E-state index in [0.717, 1.165) is 0 Å². The van der Waals surface area contributed by atoms with Gasteiger partial charge in [-0.15, -0.1) is 0 Å². The molecule has 0 atom stereocenters. The summed E-state index contributed by atoms with van der Waals surface area (Å²) in [5.74, 6) is -0.103. The number of amides is 1. The number of carbonyl (C=O) groups excluding carboxylic acids is 1. The molecule has 0 spiro atoms. The summed E-state index contributed by atoms with van der Waals surface area (Å²) < 4.78 is 0. The molecule has 1 amide bonds. The largest absolute Gasteiger partial charge is 0.396 e. The van der Waals surface area contributed by atoms with E-state index in [1.54, 1.807) is 0 Å². The van der Waals surface area contributed by atoms with Crippen molar-refractivity contribution in [2.24, 2.45) is 0 Å². The van der Waals surface area contributed by atoms with Crippen LogP contribution < -0.4 is 5.32 Å². The topological polar surface area (TPSA) is 49.3 Å². The van der Waals surface area contributed by atoms with Gasteiger partial charge in [-0.2, -0.15) is 0 Å². The summed E-state index contributed by atoms with van der Waals surface area (Å²) in [6.45, 7) is 6.77. The average molecular weight is 235 g/mol. The summed E-state index contributed by atoms with van der Waals surface area (Å²) >= 11 is 0. The highest BCUT2D eigenvalue weighted by Gasteiger charge is 2.22. The van der Waals surface area contributed by atoms with Gasteiger partial charge in [-0.3, -0.25) is 4.79 Å². The SMILES string of the molecule is Cc1ccccc1C(C)(C)CNC(=O)CCO. The lowest BCUT2D eigenvalue weighted by molar-refractivity contribution is -0.121. The monoisotopic (exact) mass is 235 g/mol. The van der Waals surface area contributed by atoms with Crippen LogP contribution in [0.3, 0.4) is 0 Å². The fourth-order valence-electron chi connectivity index (χ4n) is 1.94. The Balaban J connectivity index is 2.69. The maximum atomic E-state index is 11.3. The molecular weight excluding hydrogens is 214 g/mol. The predicted octanol–water partition coefficient (Wildman–Crippen LogP) is 1.77. The normalized spacial score (nSPS) is 11.3. The van der Waals surface area contributed by atoms with Crippen LogP contribution in [-0.4, -0.2) is 24.2 Å². The molecule has 0 saturated carbocycles. The Morgan fingerprint density at radius 3 is 2.59 bits per heavy atom. The number of benzene rings is 1. The van der Waals surface area contributed by atoms with Gasteiger partial charge in [-0.1, -0.05) is 38.1 Å². The Bertz CT molecular complexity index is 386. The molecule has 0 aliphatic heterocycles. The van der Waals surface area contributed by atoms with Gasteiger partial charge in [0, 0.05) is 18.4 Å². The molecule has 3 heteroatoms. The molecule has 3 nitrogen and oxygen atoms in total. The van der Waals surface area contributed by atoms with Crippen LogP contribution in [0.5, 0.6) is 0 Å². The second-order valence-corrected chi connectivity index (χ2v) is 4.95. The third-order valence-corrected chi connectivity index (χ3v) is 2.94. The minimum Gasteiger partial charge on any atom is -0.396 e. The second kappa shape index (κ2) is 5.82. The Labute approximate surface area is 103 Å². The van der Waals surface area contributed by atoms with E-state index in [2.05, 4.69) is 38.2 Å². The van der Waals surface area contributed by atoms with Crippen LogP contribution >= 0.6 is 0 Å². The first-order chi connectivity index (χ1) is 7.97. The highest BCUT2D eigenvalue weighted by atomic mass is 16.3.